The molecule has 2 rings (SSSR count). The van der Waals surface area contributed by atoms with Gasteiger partial charge in [0.1, 0.15) is 0 Å². The van der Waals surface area contributed by atoms with Gasteiger partial charge in [-0.1, -0.05) is 26.0 Å². The maximum atomic E-state index is 12.5. The van der Waals surface area contributed by atoms with Crippen molar-refractivity contribution in [2.75, 3.05) is 39.8 Å². The molecule has 0 bridgehead atoms. The van der Waals surface area contributed by atoms with Crippen LogP contribution in [-0.2, 0) is 15.8 Å². The van der Waals surface area contributed by atoms with Crippen LogP contribution >= 0.6 is 0 Å². The van der Waals surface area contributed by atoms with Gasteiger partial charge in [0.15, 0.2) is 0 Å². The average Bonchev–Trinajstić information content (AvgIpc) is 2.53. The van der Waals surface area contributed by atoms with Gasteiger partial charge in [0.05, 0.1) is 5.75 Å². The second-order valence-electron chi connectivity index (χ2n) is 6.76. The lowest BCUT2D eigenvalue weighted by Gasteiger charge is -2.31. The predicted molar refractivity (Wildman–Crippen MR) is 95.3 cm³/mol. The lowest BCUT2D eigenvalue weighted by Crippen LogP contribution is -2.47. The first-order valence-electron chi connectivity index (χ1n) is 8.31. The number of amides is 1. The number of sulfonamides is 1. The molecule has 1 aliphatic heterocycles. The van der Waals surface area contributed by atoms with Crippen molar-refractivity contribution in [3.05, 3.63) is 35.4 Å². The Morgan fingerprint density at radius 2 is 1.71 bits per heavy atom. The van der Waals surface area contributed by atoms with Crippen LogP contribution in [-0.4, -0.2) is 63.3 Å². The maximum Gasteiger partial charge on any atom is 0.251 e. The van der Waals surface area contributed by atoms with Crippen LogP contribution in [0.25, 0.3) is 0 Å². The fraction of sp³-hybridized carbons (Fsp3) is 0.588. The molecule has 1 fully saturated rings. The molecular weight excluding hydrogens is 326 g/mol. The smallest absolute Gasteiger partial charge is 0.251 e. The molecule has 0 unspecified atom stereocenters. The van der Waals surface area contributed by atoms with Crippen LogP contribution in [0.5, 0.6) is 0 Å². The zero-order valence-electron chi connectivity index (χ0n) is 14.7. The Kier molecular flexibility index (Phi) is 6.37. The second kappa shape index (κ2) is 8.09. The van der Waals surface area contributed by atoms with E-state index in [0.29, 0.717) is 36.7 Å². The number of benzene rings is 1. The van der Waals surface area contributed by atoms with Gasteiger partial charge in [0.2, 0.25) is 10.0 Å². The quantitative estimate of drug-likeness (QED) is 0.833. The van der Waals surface area contributed by atoms with Gasteiger partial charge in [-0.15, -0.1) is 0 Å². The highest BCUT2D eigenvalue weighted by molar-refractivity contribution is 7.88. The number of nitrogens with zero attached hydrogens (tertiary/aromatic N) is 2. The third-order valence-electron chi connectivity index (χ3n) is 4.09. The maximum absolute atomic E-state index is 12.5. The zero-order chi connectivity index (χ0) is 17.7. The summed E-state index contributed by atoms with van der Waals surface area (Å²) in [5.74, 6) is 0.240. The van der Waals surface area contributed by atoms with Crippen molar-refractivity contribution in [1.29, 1.82) is 0 Å². The number of hydrogen-bond donors (Lipinski definition) is 1. The van der Waals surface area contributed by atoms with Crippen molar-refractivity contribution < 1.29 is 13.2 Å². The molecule has 1 N–H and O–H groups in total. The molecule has 0 atom stereocenters. The highest BCUT2D eigenvalue weighted by atomic mass is 32.2. The van der Waals surface area contributed by atoms with Crippen LogP contribution < -0.4 is 5.32 Å². The molecule has 7 heteroatoms. The van der Waals surface area contributed by atoms with E-state index in [2.05, 4.69) is 10.2 Å². The first-order valence-corrected chi connectivity index (χ1v) is 9.92. The fourth-order valence-electron chi connectivity index (χ4n) is 2.52. The summed E-state index contributed by atoms with van der Waals surface area (Å²) in [6.07, 6.45) is 0. The number of carbonyl (C=O) groups is 1. The van der Waals surface area contributed by atoms with E-state index >= 15 is 0 Å². The minimum absolute atomic E-state index is 0.0232. The van der Waals surface area contributed by atoms with E-state index in [1.54, 1.807) is 28.6 Å². The van der Waals surface area contributed by atoms with E-state index in [4.69, 9.17) is 0 Å². The summed E-state index contributed by atoms with van der Waals surface area (Å²) < 4.78 is 26.5. The molecule has 0 saturated carbocycles. The van der Waals surface area contributed by atoms with E-state index in [-0.39, 0.29) is 11.7 Å². The van der Waals surface area contributed by atoms with Gasteiger partial charge in [-0.05, 0) is 30.7 Å². The molecular formula is C17H27N3O3S. The van der Waals surface area contributed by atoms with Crippen molar-refractivity contribution in [2.45, 2.75) is 19.6 Å². The Bertz CT molecular complexity index is 648. The molecule has 0 radical (unpaired) electrons. The molecule has 1 aliphatic rings. The number of hydrogen-bond acceptors (Lipinski definition) is 4. The Morgan fingerprint density at radius 1 is 1.12 bits per heavy atom. The molecule has 1 aromatic carbocycles. The van der Waals surface area contributed by atoms with Gasteiger partial charge in [0, 0.05) is 38.3 Å². The Labute approximate surface area is 144 Å². The highest BCUT2D eigenvalue weighted by Gasteiger charge is 2.25. The molecule has 0 aliphatic carbocycles. The number of nitrogens with one attached hydrogen (secondary N) is 1. The van der Waals surface area contributed by atoms with Crippen molar-refractivity contribution in [1.82, 2.24) is 14.5 Å². The zero-order valence-corrected chi connectivity index (χ0v) is 15.5. The molecule has 134 valence electrons. The van der Waals surface area contributed by atoms with Crippen LogP contribution in [0.15, 0.2) is 24.3 Å². The van der Waals surface area contributed by atoms with Crippen molar-refractivity contribution in [3.8, 4) is 0 Å². The van der Waals surface area contributed by atoms with Crippen LogP contribution in [0.2, 0.25) is 0 Å². The summed E-state index contributed by atoms with van der Waals surface area (Å²) in [5, 5.41) is 2.85. The second-order valence-corrected chi connectivity index (χ2v) is 8.73. The number of rotatable bonds is 6. The minimum atomic E-state index is -3.31. The minimum Gasteiger partial charge on any atom is -0.352 e. The van der Waals surface area contributed by atoms with Crippen molar-refractivity contribution in [2.24, 2.45) is 5.92 Å². The molecule has 1 saturated heterocycles. The largest absolute Gasteiger partial charge is 0.352 e. The summed E-state index contributed by atoms with van der Waals surface area (Å²) in [7, 11) is -1.32. The first-order chi connectivity index (χ1) is 11.3. The molecule has 1 amide bonds. The topological polar surface area (TPSA) is 69.7 Å². The molecule has 0 aromatic heterocycles. The lowest BCUT2D eigenvalue weighted by atomic mass is 10.1. The van der Waals surface area contributed by atoms with E-state index in [1.165, 1.54) is 0 Å². The van der Waals surface area contributed by atoms with Gasteiger partial charge in [0.25, 0.3) is 5.91 Å². The van der Waals surface area contributed by atoms with E-state index in [1.807, 2.05) is 20.9 Å². The number of carbonyl (C=O) groups excluding carboxylic acids is 1. The van der Waals surface area contributed by atoms with E-state index in [0.717, 1.165) is 13.1 Å². The Hall–Kier alpha value is -1.44. The standard InChI is InChI=1S/C17H27N3O3S/c1-14(2)12-18-17(21)16-6-4-15(5-7-16)13-24(22,23)20-10-8-19(3)9-11-20/h4-7,14H,8-13H2,1-3H3,(H,18,21). The van der Waals surface area contributed by atoms with Gasteiger partial charge in [-0.2, -0.15) is 4.31 Å². The predicted octanol–water partition coefficient (Wildman–Crippen LogP) is 1.15. The molecule has 1 aromatic rings. The summed E-state index contributed by atoms with van der Waals surface area (Å²) in [6.45, 7) is 7.28. The third kappa shape index (κ3) is 5.29. The third-order valence-corrected chi connectivity index (χ3v) is 5.94. The molecule has 0 spiro atoms. The number of piperazine rings is 1. The highest BCUT2D eigenvalue weighted by Crippen LogP contribution is 2.14. The van der Waals surface area contributed by atoms with Gasteiger partial charge < -0.3 is 10.2 Å². The van der Waals surface area contributed by atoms with Gasteiger partial charge >= 0.3 is 0 Å². The van der Waals surface area contributed by atoms with Crippen molar-refractivity contribution in [3.63, 3.8) is 0 Å². The van der Waals surface area contributed by atoms with E-state index in [9.17, 15) is 13.2 Å². The van der Waals surface area contributed by atoms with Gasteiger partial charge in [-0.3, -0.25) is 4.79 Å². The van der Waals surface area contributed by atoms with Crippen LogP contribution in [0, 0.1) is 5.92 Å². The lowest BCUT2D eigenvalue weighted by molar-refractivity contribution is 0.0949. The van der Waals surface area contributed by atoms with Crippen LogP contribution in [0.3, 0.4) is 0 Å². The fourth-order valence-corrected chi connectivity index (χ4v) is 4.04. The SMILES string of the molecule is CC(C)CNC(=O)c1ccc(CS(=O)(=O)N2CCN(C)CC2)cc1. The van der Waals surface area contributed by atoms with Crippen LogP contribution in [0.4, 0.5) is 0 Å². The average molecular weight is 353 g/mol. The van der Waals surface area contributed by atoms with Crippen LogP contribution in [0.1, 0.15) is 29.8 Å². The summed E-state index contributed by atoms with van der Waals surface area (Å²) in [6, 6.07) is 6.81. The van der Waals surface area contributed by atoms with Gasteiger partial charge in [-0.25, -0.2) is 8.42 Å². The Morgan fingerprint density at radius 3 is 2.25 bits per heavy atom. The molecule has 24 heavy (non-hydrogen) atoms. The number of likely N-dealkylation sites (N-methyl/N-ethyl adjacent to an activating group) is 1. The summed E-state index contributed by atoms with van der Waals surface area (Å²) in [5.41, 5.74) is 1.26. The molecule has 1 heterocycles. The Balaban J connectivity index is 1.97. The summed E-state index contributed by atoms with van der Waals surface area (Å²) in [4.78, 5) is 14.1. The van der Waals surface area contributed by atoms with E-state index < -0.39 is 10.0 Å². The summed E-state index contributed by atoms with van der Waals surface area (Å²) >= 11 is 0. The normalized spacial score (nSPS) is 17.2. The molecule has 6 nitrogen and oxygen atoms in total. The monoisotopic (exact) mass is 353 g/mol. The first kappa shape index (κ1) is 18.9. The van der Waals surface area contributed by atoms with Crippen molar-refractivity contribution >= 4 is 15.9 Å².